The van der Waals surface area contributed by atoms with Crippen molar-refractivity contribution < 1.29 is 22.7 Å². The van der Waals surface area contributed by atoms with Crippen LogP contribution in [0.25, 0.3) is 11.3 Å². The van der Waals surface area contributed by atoms with E-state index >= 15 is 0 Å². The molecule has 0 unspecified atom stereocenters. The van der Waals surface area contributed by atoms with Crippen molar-refractivity contribution in [3.05, 3.63) is 42.1 Å². The lowest BCUT2D eigenvalue weighted by molar-refractivity contribution is -0.141. The van der Waals surface area contributed by atoms with Gasteiger partial charge in [0.25, 0.3) is 0 Å². The summed E-state index contributed by atoms with van der Waals surface area (Å²) in [4.78, 5) is 19.1. The SMILES string of the molecule is COC(=O)[C@@H](C)Sc1nc(-c2ccccc2)cc(C(F)(F)F)n1. The standard InChI is InChI=1S/C15H13F3N2O2S/c1-9(13(21)22-2)23-14-19-11(10-6-4-3-5-7-10)8-12(20-14)15(16,17)18/h3-9H,1-2H3/t9-/m1/s1. The van der Waals surface area contributed by atoms with Crippen molar-refractivity contribution in [2.24, 2.45) is 0 Å². The van der Waals surface area contributed by atoms with E-state index in [1.54, 1.807) is 30.3 Å². The third kappa shape index (κ3) is 4.44. The summed E-state index contributed by atoms with van der Waals surface area (Å²) in [7, 11) is 1.21. The highest BCUT2D eigenvalue weighted by molar-refractivity contribution is 8.00. The molecule has 0 radical (unpaired) electrons. The summed E-state index contributed by atoms with van der Waals surface area (Å²) in [6.45, 7) is 1.52. The van der Waals surface area contributed by atoms with Gasteiger partial charge in [0.15, 0.2) is 5.16 Å². The third-order valence-corrected chi connectivity index (χ3v) is 3.82. The molecule has 122 valence electrons. The van der Waals surface area contributed by atoms with Crippen LogP contribution in [0.3, 0.4) is 0 Å². The molecule has 23 heavy (non-hydrogen) atoms. The number of benzene rings is 1. The minimum Gasteiger partial charge on any atom is -0.468 e. The number of rotatable bonds is 4. The first-order valence-corrected chi connectivity index (χ1v) is 7.45. The molecule has 0 aliphatic heterocycles. The van der Waals surface area contributed by atoms with Crippen molar-refractivity contribution in [1.82, 2.24) is 9.97 Å². The average Bonchev–Trinajstić information content (AvgIpc) is 2.53. The Labute approximate surface area is 135 Å². The highest BCUT2D eigenvalue weighted by Crippen LogP contribution is 2.32. The number of hydrogen-bond donors (Lipinski definition) is 0. The molecule has 0 amide bonds. The monoisotopic (exact) mass is 342 g/mol. The molecule has 2 rings (SSSR count). The van der Waals surface area contributed by atoms with Gasteiger partial charge in [0.2, 0.25) is 0 Å². The maximum atomic E-state index is 13.0. The first-order valence-electron chi connectivity index (χ1n) is 6.57. The molecule has 0 N–H and O–H groups in total. The van der Waals surface area contributed by atoms with E-state index in [9.17, 15) is 18.0 Å². The smallest absolute Gasteiger partial charge is 0.433 e. The van der Waals surface area contributed by atoms with Crippen molar-refractivity contribution in [2.75, 3.05) is 7.11 Å². The highest BCUT2D eigenvalue weighted by Gasteiger charge is 2.34. The van der Waals surface area contributed by atoms with E-state index in [1.165, 1.54) is 14.0 Å². The van der Waals surface area contributed by atoms with Gasteiger partial charge in [0.05, 0.1) is 12.8 Å². The molecule has 0 fully saturated rings. The van der Waals surface area contributed by atoms with Crippen molar-refractivity contribution in [3.63, 3.8) is 0 Å². The molecule has 0 aliphatic rings. The van der Waals surface area contributed by atoms with Gasteiger partial charge in [0.1, 0.15) is 10.9 Å². The zero-order chi connectivity index (χ0) is 17.0. The summed E-state index contributed by atoms with van der Waals surface area (Å²) in [5, 5.41) is -0.844. The van der Waals surface area contributed by atoms with Gasteiger partial charge in [-0.25, -0.2) is 9.97 Å². The van der Waals surface area contributed by atoms with Crippen LogP contribution in [0.1, 0.15) is 12.6 Å². The van der Waals surface area contributed by atoms with Crippen LogP contribution in [0.5, 0.6) is 0 Å². The topological polar surface area (TPSA) is 52.1 Å². The van der Waals surface area contributed by atoms with Gasteiger partial charge >= 0.3 is 12.1 Å². The van der Waals surface area contributed by atoms with Crippen LogP contribution in [-0.2, 0) is 15.7 Å². The number of halogens is 3. The molecule has 8 heteroatoms. The van der Waals surface area contributed by atoms with Gasteiger partial charge in [-0.3, -0.25) is 4.79 Å². The van der Waals surface area contributed by atoms with Crippen molar-refractivity contribution in [1.29, 1.82) is 0 Å². The van der Waals surface area contributed by atoms with E-state index in [0.29, 0.717) is 5.56 Å². The van der Waals surface area contributed by atoms with E-state index in [1.807, 2.05) is 0 Å². The second-order valence-electron chi connectivity index (χ2n) is 4.57. The lowest BCUT2D eigenvalue weighted by Crippen LogP contribution is -2.16. The number of hydrogen-bond acceptors (Lipinski definition) is 5. The fourth-order valence-corrected chi connectivity index (χ4v) is 2.56. The molecule has 1 aromatic heterocycles. The molecule has 0 aliphatic carbocycles. The van der Waals surface area contributed by atoms with E-state index in [-0.39, 0.29) is 10.9 Å². The number of ether oxygens (including phenoxy) is 1. The minimum atomic E-state index is -4.60. The van der Waals surface area contributed by atoms with E-state index in [0.717, 1.165) is 17.8 Å². The van der Waals surface area contributed by atoms with Gasteiger partial charge in [-0.05, 0) is 13.0 Å². The molecule has 0 bridgehead atoms. The normalized spacial score (nSPS) is 12.7. The fraction of sp³-hybridized carbons (Fsp3) is 0.267. The van der Waals surface area contributed by atoms with E-state index < -0.39 is 23.1 Å². The second-order valence-corrected chi connectivity index (χ2v) is 5.88. The Bertz CT molecular complexity index is 693. The van der Waals surface area contributed by atoms with E-state index in [4.69, 9.17) is 0 Å². The number of methoxy groups -OCH3 is 1. The number of aromatic nitrogens is 2. The molecule has 2 aromatic rings. The highest BCUT2D eigenvalue weighted by atomic mass is 32.2. The number of thioether (sulfide) groups is 1. The predicted molar refractivity (Wildman–Crippen MR) is 79.8 cm³/mol. The van der Waals surface area contributed by atoms with Crippen LogP contribution in [0, 0.1) is 0 Å². The zero-order valence-corrected chi connectivity index (χ0v) is 13.1. The Hall–Kier alpha value is -2.09. The van der Waals surface area contributed by atoms with Crippen LogP contribution in [0.2, 0.25) is 0 Å². The van der Waals surface area contributed by atoms with Crippen molar-refractivity contribution in [3.8, 4) is 11.3 Å². The van der Waals surface area contributed by atoms with Crippen LogP contribution in [-0.4, -0.2) is 28.3 Å². The summed E-state index contributed by atoms with van der Waals surface area (Å²) in [6.07, 6.45) is -4.60. The van der Waals surface area contributed by atoms with Crippen molar-refractivity contribution >= 4 is 17.7 Å². The van der Waals surface area contributed by atoms with Gasteiger partial charge in [-0.15, -0.1) is 0 Å². The lowest BCUT2D eigenvalue weighted by atomic mass is 10.1. The first-order chi connectivity index (χ1) is 10.8. The predicted octanol–water partition coefficient (Wildman–Crippen LogP) is 3.82. The zero-order valence-electron chi connectivity index (χ0n) is 12.3. The summed E-state index contributed by atoms with van der Waals surface area (Å²) in [6, 6.07) is 9.36. The summed E-state index contributed by atoms with van der Waals surface area (Å²) in [5.41, 5.74) is -0.369. The fourth-order valence-electron chi connectivity index (χ4n) is 1.75. The molecule has 0 spiro atoms. The molecule has 0 saturated heterocycles. The summed E-state index contributed by atoms with van der Waals surface area (Å²) >= 11 is 0.819. The lowest BCUT2D eigenvalue weighted by Gasteiger charge is -2.12. The number of nitrogens with zero attached hydrogens (tertiary/aromatic N) is 2. The van der Waals surface area contributed by atoms with Crippen LogP contribution in [0.4, 0.5) is 13.2 Å². The maximum Gasteiger partial charge on any atom is 0.433 e. The Morgan fingerprint density at radius 1 is 1.22 bits per heavy atom. The maximum absolute atomic E-state index is 13.0. The molecule has 1 heterocycles. The number of esters is 1. The van der Waals surface area contributed by atoms with Gasteiger partial charge < -0.3 is 4.74 Å². The van der Waals surface area contributed by atoms with Crippen LogP contribution < -0.4 is 0 Å². The Balaban J connectivity index is 2.44. The molecular weight excluding hydrogens is 329 g/mol. The molecular formula is C15H13F3N2O2S. The molecule has 1 aromatic carbocycles. The summed E-state index contributed by atoms with van der Waals surface area (Å²) < 4.78 is 43.7. The van der Waals surface area contributed by atoms with Gasteiger partial charge in [0, 0.05) is 5.56 Å². The van der Waals surface area contributed by atoms with Gasteiger partial charge in [-0.1, -0.05) is 42.1 Å². The number of carbonyl (C=O) groups is 1. The Kier molecular flexibility index (Phi) is 5.25. The molecule has 4 nitrogen and oxygen atoms in total. The largest absolute Gasteiger partial charge is 0.468 e. The quantitative estimate of drug-likeness (QED) is 0.480. The number of alkyl halides is 3. The van der Waals surface area contributed by atoms with E-state index in [2.05, 4.69) is 14.7 Å². The Morgan fingerprint density at radius 2 is 1.87 bits per heavy atom. The molecule has 1 atom stereocenters. The second kappa shape index (κ2) is 6.99. The first kappa shape index (κ1) is 17.3. The van der Waals surface area contributed by atoms with Crippen LogP contribution in [0.15, 0.2) is 41.6 Å². The number of carbonyl (C=O) groups excluding carboxylic acids is 1. The third-order valence-electron chi connectivity index (χ3n) is 2.88. The Morgan fingerprint density at radius 3 is 2.43 bits per heavy atom. The van der Waals surface area contributed by atoms with Crippen LogP contribution >= 0.6 is 11.8 Å². The van der Waals surface area contributed by atoms with Crippen molar-refractivity contribution in [2.45, 2.75) is 23.5 Å². The summed E-state index contributed by atoms with van der Waals surface area (Å²) in [5.74, 6) is -0.558. The average molecular weight is 342 g/mol. The molecule has 0 saturated carbocycles. The minimum absolute atomic E-state index is 0.128. The van der Waals surface area contributed by atoms with Gasteiger partial charge in [-0.2, -0.15) is 13.2 Å².